The number of carbonyl (C=O) groups excluding carboxylic acids is 2. The SMILES string of the molecule is CCCCOC(=O)Cc1c(C(=O)Nc2nc(-c3ccccc3Cl)cs2)[nH]c2ccccc12. The van der Waals surface area contributed by atoms with Crippen LogP contribution in [0, 0.1) is 0 Å². The number of para-hydroxylation sites is 1. The molecule has 2 heterocycles. The smallest absolute Gasteiger partial charge is 0.310 e. The lowest BCUT2D eigenvalue weighted by atomic mass is 10.1. The van der Waals surface area contributed by atoms with Crippen LogP contribution in [0.2, 0.25) is 5.02 Å². The van der Waals surface area contributed by atoms with Crippen molar-refractivity contribution in [2.75, 3.05) is 11.9 Å². The third-order valence-corrected chi connectivity index (χ3v) is 6.08. The molecule has 0 unspecified atom stereocenters. The number of nitrogens with zero attached hydrogens (tertiary/aromatic N) is 1. The Morgan fingerprint density at radius 3 is 2.75 bits per heavy atom. The number of aromatic nitrogens is 2. The van der Waals surface area contributed by atoms with Crippen LogP contribution in [0.3, 0.4) is 0 Å². The third-order valence-electron chi connectivity index (χ3n) is 5.00. The molecule has 0 bridgehead atoms. The number of fused-ring (bicyclic) bond motifs is 1. The van der Waals surface area contributed by atoms with E-state index in [-0.39, 0.29) is 18.3 Å². The van der Waals surface area contributed by atoms with E-state index < -0.39 is 0 Å². The highest BCUT2D eigenvalue weighted by atomic mass is 35.5. The Hall–Kier alpha value is -3.16. The second-order valence-electron chi connectivity index (χ2n) is 7.25. The number of halogens is 1. The number of unbranched alkanes of at least 4 members (excludes halogenated alkanes) is 1. The number of amides is 1. The predicted molar refractivity (Wildman–Crippen MR) is 128 cm³/mol. The zero-order valence-electron chi connectivity index (χ0n) is 17.5. The van der Waals surface area contributed by atoms with E-state index in [9.17, 15) is 9.59 Å². The fourth-order valence-corrected chi connectivity index (χ4v) is 4.32. The first-order valence-corrected chi connectivity index (χ1v) is 11.6. The minimum Gasteiger partial charge on any atom is -0.465 e. The molecule has 2 aromatic heterocycles. The molecule has 2 aromatic carbocycles. The Labute approximate surface area is 194 Å². The quantitative estimate of drug-likeness (QED) is 0.243. The van der Waals surface area contributed by atoms with Crippen molar-refractivity contribution in [1.29, 1.82) is 0 Å². The fourth-order valence-electron chi connectivity index (χ4n) is 3.39. The van der Waals surface area contributed by atoms with E-state index in [1.54, 1.807) is 6.07 Å². The first-order chi connectivity index (χ1) is 15.6. The number of aromatic amines is 1. The van der Waals surface area contributed by atoms with Crippen LogP contribution in [0.5, 0.6) is 0 Å². The van der Waals surface area contributed by atoms with Gasteiger partial charge in [-0.15, -0.1) is 11.3 Å². The molecule has 0 fully saturated rings. The molecule has 164 valence electrons. The Morgan fingerprint density at radius 1 is 1.16 bits per heavy atom. The van der Waals surface area contributed by atoms with Crippen LogP contribution in [0.25, 0.3) is 22.2 Å². The van der Waals surface area contributed by atoms with Crippen LogP contribution >= 0.6 is 22.9 Å². The van der Waals surface area contributed by atoms with Gasteiger partial charge in [-0.25, -0.2) is 4.98 Å². The summed E-state index contributed by atoms with van der Waals surface area (Å²) in [7, 11) is 0. The highest BCUT2D eigenvalue weighted by Crippen LogP contribution is 2.31. The van der Waals surface area contributed by atoms with Crippen molar-refractivity contribution in [3.8, 4) is 11.3 Å². The summed E-state index contributed by atoms with van der Waals surface area (Å²) in [6.45, 7) is 2.41. The van der Waals surface area contributed by atoms with Gasteiger partial charge in [-0.2, -0.15) is 0 Å². The van der Waals surface area contributed by atoms with Crippen molar-refractivity contribution in [3.63, 3.8) is 0 Å². The number of hydrogen-bond acceptors (Lipinski definition) is 5. The summed E-state index contributed by atoms with van der Waals surface area (Å²) in [6, 6.07) is 14.9. The van der Waals surface area contributed by atoms with Gasteiger partial charge in [-0.05, 0) is 18.6 Å². The Balaban J connectivity index is 1.57. The number of ether oxygens (including phenoxy) is 1. The second kappa shape index (κ2) is 9.97. The highest BCUT2D eigenvalue weighted by molar-refractivity contribution is 7.14. The van der Waals surface area contributed by atoms with Crippen LogP contribution in [-0.2, 0) is 16.0 Å². The lowest BCUT2D eigenvalue weighted by Gasteiger charge is -2.06. The van der Waals surface area contributed by atoms with Gasteiger partial charge in [0, 0.05) is 32.4 Å². The summed E-state index contributed by atoms with van der Waals surface area (Å²) in [5, 5.41) is 6.54. The van der Waals surface area contributed by atoms with E-state index in [0.717, 1.165) is 29.3 Å². The standard InChI is InChI=1S/C24H22ClN3O3S/c1-2-3-12-31-21(29)13-17-15-8-5-7-11-19(15)26-22(17)23(30)28-24-27-20(14-32-24)16-9-4-6-10-18(16)25/h4-11,14,26H,2-3,12-13H2,1H3,(H,27,28,30). The maximum atomic E-state index is 13.1. The van der Waals surface area contributed by atoms with Crippen molar-refractivity contribution in [3.05, 3.63) is 70.2 Å². The summed E-state index contributed by atoms with van der Waals surface area (Å²) in [4.78, 5) is 33.1. The number of thiazole rings is 1. The van der Waals surface area contributed by atoms with Crippen molar-refractivity contribution in [2.24, 2.45) is 0 Å². The van der Waals surface area contributed by atoms with Crippen molar-refractivity contribution in [1.82, 2.24) is 9.97 Å². The molecule has 1 amide bonds. The number of anilines is 1. The molecular formula is C24H22ClN3O3S. The molecule has 0 atom stereocenters. The van der Waals surface area contributed by atoms with Gasteiger partial charge in [0.1, 0.15) is 5.69 Å². The number of H-pyrrole nitrogens is 1. The van der Waals surface area contributed by atoms with Crippen molar-refractivity contribution < 1.29 is 14.3 Å². The van der Waals surface area contributed by atoms with Crippen molar-refractivity contribution >= 4 is 50.8 Å². The van der Waals surface area contributed by atoms with Crippen LogP contribution in [0.4, 0.5) is 5.13 Å². The molecule has 0 aliphatic heterocycles. The highest BCUT2D eigenvalue weighted by Gasteiger charge is 2.21. The van der Waals surface area contributed by atoms with Crippen molar-refractivity contribution in [2.45, 2.75) is 26.2 Å². The second-order valence-corrected chi connectivity index (χ2v) is 8.51. The van der Waals surface area contributed by atoms with Crippen LogP contribution in [0.1, 0.15) is 35.8 Å². The average molecular weight is 468 g/mol. The zero-order chi connectivity index (χ0) is 22.5. The monoisotopic (exact) mass is 467 g/mol. The summed E-state index contributed by atoms with van der Waals surface area (Å²) in [5.41, 5.74) is 3.21. The Kier molecular flexibility index (Phi) is 6.87. The van der Waals surface area contributed by atoms with Gasteiger partial charge in [0.15, 0.2) is 5.13 Å². The van der Waals surface area contributed by atoms with E-state index in [0.29, 0.717) is 33.7 Å². The minimum absolute atomic E-state index is 0.0131. The summed E-state index contributed by atoms with van der Waals surface area (Å²) in [6.07, 6.45) is 1.77. The molecule has 8 heteroatoms. The average Bonchev–Trinajstić information content (AvgIpc) is 3.39. The molecule has 32 heavy (non-hydrogen) atoms. The van der Waals surface area contributed by atoms with Crippen LogP contribution in [0.15, 0.2) is 53.9 Å². The molecule has 6 nitrogen and oxygen atoms in total. The third kappa shape index (κ3) is 4.84. The molecular weight excluding hydrogens is 446 g/mol. The molecule has 0 radical (unpaired) electrons. The predicted octanol–water partition coefficient (Wildman–Crippen LogP) is 6.08. The molecule has 0 aliphatic rings. The number of rotatable bonds is 8. The number of carbonyl (C=O) groups is 2. The van der Waals surface area contributed by atoms with Crippen LogP contribution < -0.4 is 5.32 Å². The molecule has 0 saturated heterocycles. The topological polar surface area (TPSA) is 84.1 Å². The normalized spacial score (nSPS) is 10.9. The lowest BCUT2D eigenvalue weighted by Crippen LogP contribution is -2.17. The molecule has 0 spiro atoms. The maximum absolute atomic E-state index is 13.1. The zero-order valence-corrected chi connectivity index (χ0v) is 19.1. The first-order valence-electron chi connectivity index (χ1n) is 10.3. The van der Waals surface area contributed by atoms with Gasteiger partial charge < -0.3 is 9.72 Å². The Morgan fingerprint density at radius 2 is 1.94 bits per heavy atom. The van der Waals surface area contributed by atoms with E-state index in [1.807, 2.05) is 54.8 Å². The number of hydrogen-bond donors (Lipinski definition) is 2. The van der Waals surface area contributed by atoms with E-state index in [2.05, 4.69) is 15.3 Å². The summed E-state index contributed by atoms with van der Waals surface area (Å²) >= 11 is 7.57. The maximum Gasteiger partial charge on any atom is 0.310 e. The number of esters is 1. The number of benzene rings is 2. The molecule has 2 N–H and O–H groups in total. The molecule has 0 saturated carbocycles. The van der Waals surface area contributed by atoms with Gasteiger partial charge in [0.05, 0.1) is 18.7 Å². The van der Waals surface area contributed by atoms with Gasteiger partial charge >= 0.3 is 5.97 Å². The molecule has 0 aliphatic carbocycles. The van der Waals surface area contributed by atoms with Gasteiger partial charge in [-0.1, -0.05) is 61.3 Å². The van der Waals surface area contributed by atoms with Crippen LogP contribution in [-0.4, -0.2) is 28.5 Å². The fraction of sp³-hybridized carbons (Fsp3) is 0.208. The summed E-state index contributed by atoms with van der Waals surface area (Å²) in [5.74, 6) is -0.717. The van der Waals surface area contributed by atoms with E-state index in [4.69, 9.17) is 16.3 Å². The largest absolute Gasteiger partial charge is 0.465 e. The van der Waals surface area contributed by atoms with E-state index in [1.165, 1.54) is 11.3 Å². The molecule has 4 aromatic rings. The number of nitrogens with one attached hydrogen (secondary N) is 2. The van der Waals surface area contributed by atoms with Gasteiger partial charge in [-0.3, -0.25) is 14.9 Å². The minimum atomic E-state index is -0.363. The lowest BCUT2D eigenvalue weighted by molar-refractivity contribution is -0.142. The van der Waals surface area contributed by atoms with Gasteiger partial charge in [0.25, 0.3) is 5.91 Å². The first kappa shape index (κ1) is 22.0. The Bertz CT molecular complexity index is 1260. The molecule has 4 rings (SSSR count). The van der Waals surface area contributed by atoms with Gasteiger partial charge in [0.2, 0.25) is 0 Å². The van der Waals surface area contributed by atoms with E-state index >= 15 is 0 Å². The summed E-state index contributed by atoms with van der Waals surface area (Å²) < 4.78 is 5.31.